The van der Waals surface area contributed by atoms with Gasteiger partial charge < -0.3 is 5.11 Å². The van der Waals surface area contributed by atoms with Gasteiger partial charge in [0.15, 0.2) is 0 Å². The lowest BCUT2D eigenvalue weighted by Gasteiger charge is -2.18. The van der Waals surface area contributed by atoms with Gasteiger partial charge in [0.1, 0.15) is 0 Å². The van der Waals surface area contributed by atoms with Gasteiger partial charge in [0.05, 0.1) is 11.4 Å². The van der Waals surface area contributed by atoms with Gasteiger partial charge in [-0.05, 0) is 18.9 Å². The number of nitrogens with zero attached hydrogens (tertiary/aromatic N) is 1. The highest BCUT2D eigenvalue weighted by Crippen LogP contribution is 2.24. The summed E-state index contributed by atoms with van der Waals surface area (Å²) in [6.07, 6.45) is 0.501. The van der Waals surface area contributed by atoms with Crippen molar-refractivity contribution < 1.29 is 13.5 Å². The summed E-state index contributed by atoms with van der Waals surface area (Å²) in [6.45, 7) is 2.27. The third-order valence-electron chi connectivity index (χ3n) is 3.00. The van der Waals surface area contributed by atoms with Gasteiger partial charge in [-0.2, -0.15) is 4.31 Å². The van der Waals surface area contributed by atoms with Gasteiger partial charge in [-0.15, -0.1) is 0 Å². The highest BCUT2D eigenvalue weighted by Gasteiger charge is 2.37. The topological polar surface area (TPSA) is 57.6 Å². The van der Waals surface area contributed by atoms with E-state index in [9.17, 15) is 13.5 Å². The number of sulfonamides is 1. The van der Waals surface area contributed by atoms with E-state index in [-0.39, 0.29) is 12.3 Å². The number of hydrogen-bond donors (Lipinski definition) is 1. The number of hydrogen-bond acceptors (Lipinski definition) is 3. The van der Waals surface area contributed by atoms with Crippen LogP contribution >= 0.6 is 0 Å². The molecule has 1 atom stereocenters. The smallest absolute Gasteiger partial charge is 0.218 e. The first-order valence-electron chi connectivity index (χ1n) is 5.63. The van der Waals surface area contributed by atoms with Gasteiger partial charge in [0.2, 0.25) is 10.0 Å². The third kappa shape index (κ3) is 3.06. The zero-order valence-corrected chi connectivity index (χ0v) is 10.7. The monoisotopic (exact) mass is 255 g/mol. The van der Waals surface area contributed by atoms with Crippen LogP contribution in [0.4, 0.5) is 0 Å². The van der Waals surface area contributed by atoms with E-state index in [2.05, 4.69) is 0 Å². The molecule has 1 aromatic rings. The van der Waals surface area contributed by atoms with Gasteiger partial charge >= 0.3 is 0 Å². The molecule has 4 nitrogen and oxygen atoms in total. The molecule has 1 aliphatic rings. The fourth-order valence-corrected chi connectivity index (χ4v) is 3.66. The molecule has 1 N–H and O–H groups in total. The van der Waals surface area contributed by atoms with Crippen LogP contribution in [0.15, 0.2) is 30.3 Å². The van der Waals surface area contributed by atoms with E-state index in [4.69, 9.17) is 0 Å². The van der Waals surface area contributed by atoms with Gasteiger partial charge in [0.25, 0.3) is 0 Å². The van der Waals surface area contributed by atoms with Gasteiger partial charge in [0, 0.05) is 13.1 Å². The van der Waals surface area contributed by atoms with E-state index in [1.807, 2.05) is 18.2 Å². The molecule has 0 bridgehead atoms. The normalized spacial score (nSPS) is 26.2. The minimum atomic E-state index is -3.31. The molecule has 1 aromatic carbocycles. The van der Waals surface area contributed by atoms with E-state index in [0.717, 1.165) is 5.56 Å². The lowest BCUT2D eigenvalue weighted by Crippen LogP contribution is -2.34. The van der Waals surface area contributed by atoms with E-state index < -0.39 is 15.6 Å². The number of benzene rings is 1. The SMILES string of the molecule is CC1(O)CCN(S(=O)(=O)Cc2ccccc2)C1. The first-order chi connectivity index (χ1) is 7.89. The Morgan fingerprint density at radius 3 is 2.53 bits per heavy atom. The number of rotatable bonds is 3. The average Bonchev–Trinajstić information content (AvgIpc) is 2.60. The van der Waals surface area contributed by atoms with Crippen LogP contribution < -0.4 is 0 Å². The highest BCUT2D eigenvalue weighted by molar-refractivity contribution is 7.88. The second-order valence-electron chi connectivity index (χ2n) is 4.82. The first kappa shape index (κ1) is 12.5. The minimum absolute atomic E-state index is 0.00389. The molecule has 0 saturated carbocycles. The zero-order chi connectivity index (χ0) is 12.5. The average molecular weight is 255 g/mol. The van der Waals surface area contributed by atoms with Crippen molar-refractivity contribution >= 4 is 10.0 Å². The molecule has 5 heteroatoms. The maximum absolute atomic E-state index is 12.1. The van der Waals surface area contributed by atoms with Crippen molar-refractivity contribution in [2.24, 2.45) is 0 Å². The number of aliphatic hydroxyl groups is 1. The Labute approximate surface area is 102 Å². The Morgan fingerprint density at radius 2 is 2.00 bits per heavy atom. The molecule has 0 radical (unpaired) electrons. The van der Waals surface area contributed by atoms with Crippen molar-refractivity contribution in [2.75, 3.05) is 13.1 Å². The zero-order valence-electron chi connectivity index (χ0n) is 9.83. The van der Waals surface area contributed by atoms with Crippen LogP contribution in [0.25, 0.3) is 0 Å². The number of β-amino-alcohol motifs (C(OH)–C–C–N with tert-alkyl or cyclic N) is 1. The Hall–Kier alpha value is -0.910. The summed E-state index contributed by atoms with van der Waals surface area (Å²) in [5.41, 5.74) is -0.108. The molecule has 0 amide bonds. The van der Waals surface area contributed by atoms with Crippen molar-refractivity contribution in [1.82, 2.24) is 4.31 Å². The van der Waals surface area contributed by atoms with Crippen molar-refractivity contribution in [2.45, 2.75) is 24.7 Å². The maximum Gasteiger partial charge on any atom is 0.218 e. The van der Waals surface area contributed by atoms with Crippen molar-refractivity contribution in [3.05, 3.63) is 35.9 Å². The van der Waals surface area contributed by atoms with E-state index in [0.29, 0.717) is 13.0 Å². The lowest BCUT2D eigenvalue weighted by atomic mass is 10.1. The van der Waals surface area contributed by atoms with Crippen molar-refractivity contribution in [3.8, 4) is 0 Å². The molecule has 17 heavy (non-hydrogen) atoms. The molecule has 0 spiro atoms. The molecule has 94 valence electrons. The lowest BCUT2D eigenvalue weighted by molar-refractivity contribution is 0.0762. The summed E-state index contributed by atoms with van der Waals surface area (Å²) in [5.74, 6) is 0.00389. The van der Waals surface area contributed by atoms with Crippen molar-refractivity contribution in [3.63, 3.8) is 0 Å². The van der Waals surface area contributed by atoms with Crippen LogP contribution in [0, 0.1) is 0 Å². The molecule has 1 unspecified atom stereocenters. The third-order valence-corrected chi connectivity index (χ3v) is 4.80. The minimum Gasteiger partial charge on any atom is -0.389 e. The van der Waals surface area contributed by atoms with Crippen LogP contribution in [0.5, 0.6) is 0 Å². The Balaban J connectivity index is 2.11. The largest absolute Gasteiger partial charge is 0.389 e. The summed E-state index contributed by atoms with van der Waals surface area (Å²) >= 11 is 0. The molecule has 0 aromatic heterocycles. The van der Waals surface area contributed by atoms with Gasteiger partial charge in [-0.3, -0.25) is 0 Å². The summed E-state index contributed by atoms with van der Waals surface area (Å²) in [4.78, 5) is 0. The molecule has 0 aliphatic carbocycles. The summed E-state index contributed by atoms with van der Waals surface area (Å²) in [5, 5.41) is 9.79. The van der Waals surface area contributed by atoms with Crippen LogP contribution in [0.3, 0.4) is 0 Å². The van der Waals surface area contributed by atoms with Crippen molar-refractivity contribution in [1.29, 1.82) is 0 Å². The summed E-state index contributed by atoms with van der Waals surface area (Å²) in [7, 11) is -3.31. The quantitative estimate of drug-likeness (QED) is 0.875. The Kier molecular flexibility index (Phi) is 3.25. The molecule has 1 saturated heterocycles. The van der Waals surface area contributed by atoms with Crippen LogP contribution in [-0.4, -0.2) is 36.5 Å². The molecular weight excluding hydrogens is 238 g/mol. The predicted octanol–water partition coefficient (Wildman–Crippen LogP) is 0.973. The molecule has 1 aliphatic heterocycles. The van der Waals surface area contributed by atoms with E-state index >= 15 is 0 Å². The molecule has 2 rings (SSSR count). The first-order valence-corrected chi connectivity index (χ1v) is 7.24. The molecule has 1 heterocycles. The van der Waals surface area contributed by atoms with E-state index in [1.165, 1.54) is 4.31 Å². The summed E-state index contributed by atoms with van der Waals surface area (Å²) in [6, 6.07) is 9.10. The predicted molar refractivity (Wildman–Crippen MR) is 65.9 cm³/mol. The summed E-state index contributed by atoms with van der Waals surface area (Å²) < 4.78 is 25.6. The standard InChI is InChI=1S/C12H17NO3S/c1-12(14)7-8-13(10-12)17(15,16)9-11-5-3-2-4-6-11/h2-6,14H,7-10H2,1H3. The maximum atomic E-state index is 12.1. The molecule has 1 fully saturated rings. The molecular formula is C12H17NO3S. The van der Waals surface area contributed by atoms with Crippen LogP contribution in [-0.2, 0) is 15.8 Å². The Morgan fingerprint density at radius 1 is 1.35 bits per heavy atom. The second kappa shape index (κ2) is 4.40. The highest BCUT2D eigenvalue weighted by atomic mass is 32.2. The fraction of sp³-hybridized carbons (Fsp3) is 0.500. The second-order valence-corrected chi connectivity index (χ2v) is 6.79. The fourth-order valence-electron chi connectivity index (χ4n) is 2.02. The van der Waals surface area contributed by atoms with E-state index in [1.54, 1.807) is 19.1 Å². The van der Waals surface area contributed by atoms with Gasteiger partial charge in [-0.25, -0.2) is 8.42 Å². The Bertz CT molecular complexity index is 482. The van der Waals surface area contributed by atoms with Crippen LogP contribution in [0.2, 0.25) is 0 Å². The van der Waals surface area contributed by atoms with Crippen LogP contribution in [0.1, 0.15) is 18.9 Å². The van der Waals surface area contributed by atoms with Gasteiger partial charge in [-0.1, -0.05) is 30.3 Å².